The number of fused-ring (bicyclic) bond motifs is 1. The number of anilines is 2. The highest BCUT2D eigenvalue weighted by Crippen LogP contribution is 2.30. The summed E-state index contributed by atoms with van der Waals surface area (Å²) in [5.74, 6) is -2.65. The summed E-state index contributed by atoms with van der Waals surface area (Å²) >= 11 is 0. The third kappa shape index (κ3) is 6.25. The van der Waals surface area contributed by atoms with E-state index in [0.717, 1.165) is 46.7 Å². The number of pyridine rings is 1. The number of hydrogen-bond acceptors (Lipinski definition) is 9. The monoisotopic (exact) mass is 656 g/mol. The lowest BCUT2D eigenvalue weighted by Gasteiger charge is -2.36. The van der Waals surface area contributed by atoms with Crippen LogP contribution in [0.25, 0.3) is 11.4 Å². The molecule has 0 atom stereocenters. The highest BCUT2D eigenvalue weighted by Gasteiger charge is 2.31. The minimum Gasteiger partial charge on any atom is -0.504 e. The third-order valence-corrected chi connectivity index (χ3v) is 8.01. The highest BCUT2D eigenvalue weighted by molar-refractivity contribution is 5.96. The van der Waals surface area contributed by atoms with Crippen molar-refractivity contribution in [3.8, 4) is 5.75 Å². The maximum atomic E-state index is 13.9. The second-order valence-corrected chi connectivity index (χ2v) is 10.9. The summed E-state index contributed by atoms with van der Waals surface area (Å²) < 4.78 is 60.8. The lowest BCUT2D eigenvalue weighted by Crippen LogP contribution is -2.50. The first-order valence-electron chi connectivity index (χ1n) is 14.5. The van der Waals surface area contributed by atoms with Gasteiger partial charge in [-0.15, -0.1) is 5.10 Å². The van der Waals surface area contributed by atoms with Gasteiger partial charge in [-0.1, -0.05) is 6.08 Å². The van der Waals surface area contributed by atoms with Crippen molar-refractivity contribution in [1.29, 1.82) is 0 Å². The zero-order valence-corrected chi connectivity index (χ0v) is 24.9. The molecule has 0 radical (unpaired) electrons. The van der Waals surface area contributed by atoms with Crippen molar-refractivity contribution >= 4 is 34.5 Å². The smallest absolute Gasteiger partial charge is 0.416 e. The average Bonchev–Trinajstić information content (AvgIpc) is 3.51. The molecule has 47 heavy (non-hydrogen) atoms. The molecule has 4 aromatic rings. The van der Waals surface area contributed by atoms with E-state index in [0.29, 0.717) is 25.3 Å². The minimum absolute atomic E-state index is 0.0871. The molecule has 1 fully saturated rings. The topological polar surface area (TPSA) is 147 Å². The Kier molecular flexibility index (Phi) is 8.40. The van der Waals surface area contributed by atoms with Crippen molar-refractivity contribution in [3.63, 3.8) is 0 Å². The molecule has 0 unspecified atom stereocenters. The van der Waals surface area contributed by atoms with Crippen LogP contribution in [0.4, 0.5) is 28.9 Å². The number of benzene rings is 1. The summed E-state index contributed by atoms with van der Waals surface area (Å²) in [4.78, 5) is 51.5. The van der Waals surface area contributed by atoms with Crippen LogP contribution >= 0.6 is 0 Å². The maximum Gasteiger partial charge on any atom is 0.416 e. The fourth-order valence-corrected chi connectivity index (χ4v) is 5.54. The molecule has 6 rings (SSSR count). The number of amides is 2. The normalized spacial score (nSPS) is 15.6. The van der Waals surface area contributed by atoms with Crippen LogP contribution in [0.1, 0.15) is 33.9 Å². The molecule has 246 valence electrons. The summed E-state index contributed by atoms with van der Waals surface area (Å²) in [6.07, 6.45) is -0.334. The van der Waals surface area contributed by atoms with Crippen molar-refractivity contribution in [2.75, 3.05) is 49.6 Å². The van der Waals surface area contributed by atoms with Gasteiger partial charge in [0.25, 0.3) is 11.5 Å². The second-order valence-electron chi connectivity index (χ2n) is 10.9. The number of halogens is 4. The van der Waals surface area contributed by atoms with E-state index in [-0.39, 0.29) is 61.3 Å². The first kappa shape index (κ1) is 31.7. The van der Waals surface area contributed by atoms with Gasteiger partial charge < -0.3 is 29.5 Å². The first-order chi connectivity index (χ1) is 22.4. The van der Waals surface area contributed by atoms with Crippen LogP contribution in [-0.2, 0) is 22.3 Å². The van der Waals surface area contributed by atoms with Gasteiger partial charge in [0.15, 0.2) is 17.4 Å². The minimum atomic E-state index is -4.53. The van der Waals surface area contributed by atoms with Gasteiger partial charge in [0.1, 0.15) is 17.8 Å². The number of carbonyl (C=O) groups excluding carboxylic acids is 2. The van der Waals surface area contributed by atoms with Crippen LogP contribution in [0.3, 0.4) is 0 Å². The van der Waals surface area contributed by atoms with E-state index in [1.54, 1.807) is 17.9 Å². The first-order valence-corrected chi connectivity index (χ1v) is 14.5. The van der Waals surface area contributed by atoms with Gasteiger partial charge in [0.2, 0.25) is 11.7 Å². The van der Waals surface area contributed by atoms with Gasteiger partial charge >= 0.3 is 6.18 Å². The van der Waals surface area contributed by atoms with Crippen LogP contribution in [0.5, 0.6) is 5.75 Å². The Morgan fingerprint density at radius 3 is 2.47 bits per heavy atom. The summed E-state index contributed by atoms with van der Waals surface area (Å²) in [6, 6.07) is 4.01. The van der Waals surface area contributed by atoms with Gasteiger partial charge in [-0.2, -0.15) is 22.7 Å². The average molecular weight is 657 g/mol. The van der Waals surface area contributed by atoms with Crippen molar-refractivity contribution in [3.05, 3.63) is 81.6 Å². The fraction of sp³-hybridized carbons (Fsp3) is 0.333. The number of rotatable bonds is 6. The van der Waals surface area contributed by atoms with Crippen molar-refractivity contribution in [2.24, 2.45) is 0 Å². The van der Waals surface area contributed by atoms with Gasteiger partial charge in [-0.25, -0.2) is 4.39 Å². The summed E-state index contributed by atoms with van der Waals surface area (Å²) in [5, 5.41) is 17.1. The lowest BCUT2D eigenvalue weighted by atomic mass is 10.1. The van der Waals surface area contributed by atoms with E-state index in [4.69, 9.17) is 4.74 Å². The quantitative estimate of drug-likeness (QED) is 0.299. The van der Waals surface area contributed by atoms with Crippen LogP contribution in [-0.4, -0.2) is 85.4 Å². The molecule has 2 N–H and O–H groups in total. The molecule has 0 spiro atoms. The molecule has 2 amide bonds. The van der Waals surface area contributed by atoms with Crippen molar-refractivity contribution < 1.29 is 37.0 Å². The van der Waals surface area contributed by atoms with E-state index in [9.17, 15) is 37.1 Å². The second kappa shape index (κ2) is 12.5. The Bertz CT molecular complexity index is 1950. The van der Waals surface area contributed by atoms with E-state index in [1.807, 2.05) is 0 Å². The lowest BCUT2D eigenvalue weighted by molar-refractivity contribution is -0.137. The standard InChI is InChI=1S/C30H28F4N8O5/c1-17-24(39-8-10-40(11-9-39)27(45)21-14-35-15-22(31)25(21)44)28(46)42-29(37-26(38-42)18-6-12-47-13-7-18)41(17)16-23(43)36-20-4-2-19(3-5-20)30(32,33)34/h2-6,14-15H,7-13,16H2,1H3,(H,35,44)(H,36,43). The van der Waals surface area contributed by atoms with Crippen molar-refractivity contribution in [1.82, 2.24) is 29.0 Å². The molecule has 2 aliphatic rings. The number of alkyl halides is 3. The number of aromatic hydroxyl groups is 1. The molecule has 1 aromatic carbocycles. The van der Waals surface area contributed by atoms with E-state index in [2.05, 4.69) is 20.4 Å². The van der Waals surface area contributed by atoms with Crippen molar-refractivity contribution in [2.45, 2.75) is 26.1 Å². The zero-order valence-electron chi connectivity index (χ0n) is 24.9. The number of nitrogens with one attached hydrogen (secondary N) is 1. The Morgan fingerprint density at radius 2 is 1.81 bits per heavy atom. The van der Waals surface area contributed by atoms with E-state index < -0.39 is 40.7 Å². The molecule has 0 bridgehead atoms. The number of hydrogen-bond donors (Lipinski definition) is 2. The number of ether oxygens (including phenoxy) is 1. The van der Waals surface area contributed by atoms with E-state index >= 15 is 0 Å². The Labute approximate surface area is 263 Å². The molecule has 13 nitrogen and oxygen atoms in total. The van der Waals surface area contributed by atoms with Crippen LogP contribution in [0.2, 0.25) is 0 Å². The number of piperazine rings is 1. The highest BCUT2D eigenvalue weighted by atomic mass is 19.4. The number of aromatic nitrogens is 5. The molecule has 3 aromatic heterocycles. The van der Waals surface area contributed by atoms with Gasteiger partial charge in [0.05, 0.1) is 25.0 Å². The van der Waals surface area contributed by atoms with Crippen LogP contribution in [0.15, 0.2) is 47.5 Å². The van der Waals surface area contributed by atoms with Gasteiger partial charge in [-0.3, -0.25) is 19.4 Å². The Balaban J connectivity index is 1.31. The van der Waals surface area contributed by atoms with Gasteiger partial charge in [-0.05, 0) is 43.2 Å². The molecule has 0 saturated carbocycles. The molecular formula is C30H28F4N8O5. The predicted octanol–water partition coefficient (Wildman–Crippen LogP) is 2.86. The molecule has 17 heteroatoms. The Morgan fingerprint density at radius 1 is 1.09 bits per heavy atom. The molecule has 2 aliphatic heterocycles. The SMILES string of the molecule is Cc1c(N2CCN(C(=O)c3cncc(F)c3O)CC2)c(=O)n2nc(C3=CCOCC3)nc2n1CC(=O)Nc1ccc(C(F)(F)F)cc1. The molecule has 5 heterocycles. The largest absolute Gasteiger partial charge is 0.504 e. The summed E-state index contributed by atoms with van der Waals surface area (Å²) in [5.41, 5.74) is -0.154. The molecular weight excluding hydrogens is 628 g/mol. The molecule has 1 saturated heterocycles. The van der Waals surface area contributed by atoms with Crippen LogP contribution < -0.4 is 15.8 Å². The van der Waals surface area contributed by atoms with E-state index in [1.165, 1.54) is 9.47 Å². The van der Waals surface area contributed by atoms with Gasteiger partial charge in [0, 0.05) is 43.8 Å². The zero-order chi connectivity index (χ0) is 33.5. The summed E-state index contributed by atoms with van der Waals surface area (Å²) in [6.45, 7) is 2.67. The molecule has 0 aliphatic carbocycles. The summed E-state index contributed by atoms with van der Waals surface area (Å²) in [7, 11) is 0. The predicted molar refractivity (Wildman–Crippen MR) is 159 cm³/mol. The van der Waals surface area contributed by atoms with Crippen LogP contribution in [0, 0.1) is 12.7 Å². The third-order valence-electron chi connectivity index (χ3n) is 8.01. The fourth-order valence-electron chi connectivity index (χ4n) is 5.54. The Hall–Kier alpha value is -5.32. The number of nitrogens with zero attached hydrogens (tertiary/aromatic N) is 7. The maximum absolute atomic E-state index is 13.9. The number of carbonyl (C=O) groups is 2.